The molecular weight excluding hydrogens is 465 g/mol. The number of rotatable bonds is 5. The third-order valence-electron chi connectivity index (χ3n) is 5.85. The topological polar surface area (TPSA) is 63.2 Å². The molecule has 0 aliphatic carbocycles. The molecule has 1 aromatic heterocycles. The van der Waals surface area contributed by atoms with Crippen LogP contribution in [0.3, 0.4) is 0 Å². The van der Waals surface area contributed by atoms with Gasteiger partial charge < -0.3 is 0 Å². The smallest absolute Gasteiger partial charge is 0.216 e. The Bertz CT molecular complexity index is 1190. The molecule has 0 amide bonds. The van der Waals surface area contributed by atoms with Gasteiger partial charge in [0, 0.05) is 46.4 Å². The van der Waals surface area contributed by atoms with Crippen LogP contribution < -0.4 is 0 Å². The van der Waals surface area contributed by atoms with Crippen molar-refractivity contribution in [2.45, 2.75) is 37.9 Å². The van der Waals surface area contributed by atoms with Crippen LogP contribution in [0.1, 0.15) is 38.3 Å². The fourth-order valence-electron chi connectivity index (χ4n) is 3.93. The summed E-state index contributed by atoms with van der Waals surface area (Å²) < 4.78 is 26.6. The zero-order valence-electron chi connectivity index (χ0n) is 18.0. The third kappa shape index (κ3) is 4.84. The summed E-state index contributed by atoms with van der Waals surface area (Å²) in [7, 11) is -3.23. The molecule has 0 bridgehead atoms. The molecule has 1 aliphatic rings. The van der Waals surface area contributed by atoms with E-state index in [9.17, 15) is 8.42 Å². The number of sulfonamides is 1. The van der Waals surface area contributed by atoms with Gasteiger partial charge in [-0.2, -0.15) is 0 Å². The highest BCUT2D eigenvalue weighted by Crippen LogP contribution is 2.34. The molecule has 32 heavy (non-hydrogen) atoms. The van der Waals surface area contributed by atoms with E-state index in [4.69, 9.17) is 33.2 Å². The molecule has 1 saturated heterocycles. The molecule has 0 saturated carbocycles. The van der Waals surface area contributed by atoms with E-state index in [-0.39, 0.29) is 5.92 Å². The highest BCUT2D eigenvalue weighted by Gasteiger charge is 2.31. The molecule has 168 valence electrons. The summed E-state index contributed by atoms with van der Waals surface area (Å²) in [4.78, 5) is 9.79. The first-order chi connectivity index (χ1) is 15.3. The number of aromatic nitrogens is 2. The zero-order valence-corrected chi connectivity index (χ0v) is 20.3. The fourth-order valence-corrected chi connectivity index (χ4v) is 5.50. The monoisotopic (exact) mass is 489 g/mol. The van der Waals surface area contributed by atoms with Crippen LogP contribution in [0, 0.1) is 0 Å². The molecule has 0 unspecified atom stereocenters. The van der Waals surface area contributed by atoms with E-state index in [0.717, 1.165) is 41.1 Å². The lowest BCUT2D eigenvalue weighted by Crippen LogP contribution is -2.41. The highest BCUT2D eigenvalue weighted by molar-refractivity contribution is 7.89. The van der Waals surface area contributed by atoms with Crippen LogP contribution in [-0.2, 0) is 10.0 Å². The quantitative estimate of drug-likeness (QED) is 0.438. The molecule has 5 nitrogen and oxygen atoms in total. The molecule has 8 heteroatoms. The lowest BCUT2D eigenvalue weighted by atomic mass is 9.94. The van der Waals surface area contributed by atoms with Gasteiger partial charge in [-0.05, 0) is 51.0 Å². The molecule has 2 aromatic carbocycles. The molecular formula is C24H25Cl2N3O2S. The number of nitrogens with zero attached hydrogens (tertiary/aromatic N) is 3. The summed E-state index contributed by atoms with van der Waals surface area (Å²) in [5.41, 5.74) is 4.28. The minimum Gasteiger partial charge on any atom is -0.252 e. The molecule has 3 aromatic rings. The maximum Gasteiger partial charge on any atom is 0.216 e. The molecule has 0 radical (unpaired) electrons. The number of piperidine rings is 1. The van der Waals surface area contributed by atoms with E-state index in [0.29, 0.717) is 23.1 Å². The Labute approximate surface area is 199 Å². The molecule has 1 fully saturated rings. The fraction of sp³-hybridized carbons (Fsp3) is 0.333. The molecule has 1 aliphatic heterocycles. The Hall–Kier alpha value is -1.99. The maximum atomic E-state index is 12.5. The molecule has 0 spiro atoms. The van der Waals surface area contributed by atoms with Gasteiger partial charge in [-0.15, -0.1) is 0 Å². The largest absolute Gasteiger partial charge is 0.252 e. The van der Waals surface area contributed by atoms with Gasteiger partial charge in [0.1, 0.15) is 0 Å². The molecule has 0 N–H and O–H groups in total. The van der Waals surface area contributed by atoms with E-state index in [1.54, 1.807) is 18.2 Å². The Morgan fingerprint density at radius 2 is 1.38 bits per heavy atom. The van der Waals surface area contributed by atoms with Gasteiger partial charge in [-0.3, -0.25) is 4.98 Å². The van der Waals surface area contributed by atoms with Crippen molar-refractivity contribution >= 4 is 33.2 Å². The van der Waals surface area contributed by atoms with Crippen LogP contribution in [-0.4, -0.2) is 41.0 Å². The number of benzene rings is 2. The second kappa shape index (κ2) is 9.48. The van der Waals surface area contributed by atoms with Gasteiger partial charge in [0.25, 0.3) is 0 Å². The summed E-state index contributed by atoms with van der Waals surface area (Å²) in [6.45, 7) is 4.45. The third-order valence-corrected chi connectivity index (χ3v) is 8.63. The summed E-state index contributed by atoms with van der Waals surface area (Å²) in [6, 6.07) is 15.1. The minimum absolute atomic E-state index is 0.159. The predicted molar refractivity (Wildman–Crippen MR) is 131 cm³/mol. The Kier molecular flexibility index (Phi) is 6.86. The summed E-state index contributed by atoms with van der Waals surface area (Å²) >= 11 is 12.2. The Balaban J connectivity index is 1.67. The van der Waals surface area contributed by atoms with E-state index in [1.807, 2.05) is 54.7 Å². The first-order valence-corrected chi connectivity index (χ1v) is 12.9. The van der Waals surface area contributed by atoms with Crippen molar-refractivity contribution in [1.29, 1.82) is 0 Å². The van der Waals surface area contributed by atoms with E-state index in [1.165, 1.54) is 0 Å². The second-order valence-corrected chi connectivity index (χ2v) is 11.6. The highest BCUT2D eigenvalue weighted by atomic mass is 35.5. The molecule has 0 atom stereocenters. The number of hydrogen-bond acceptors (Lipinski definition) is 4. The molecule has 2 heterocycles. The molecule has 4 rings (SSSR count). The second-order valence-electron chi connectivity index (χ2n) is 8.27. The van der Waals surface area contributed by atoms with Crippen molar-refractivity contribution in [1.82, 2.24) is 14.3 Å². The van der Waals surface area contributed by atoms with Crippen LogP contribution in [0.4, 0.5) is 0 Å². The predicted octanol–water partition coefficient (Wildman–Crippen LogP) is 6.04. The summed E-state index contributed by atoms with van der Waals surface area (Å²) in [6.07, 6.45) is 3.27. The zero-order chi connectivity index (χ0) is 22.9. The summed E-state index contributed by atoms with van der Waals surface area (Å²) in [5.74, 6) is 0.159. The number of hydrogen-bond donors (Lipinski definition) is 0. The van der Waals surface area contributed by atoms with Gasteiger partial charge >= 0.3 is 0 Å². The van der Waals surface area contributed by atoms with Gasteiger partial charge in [0.15, 0.2) is 0 Å². The van der Waals surface area contributed by atoms with Crippen LogP contribution in [0.2, 0.25) is 10.0 Å². The standard InChI is InChI=1S/C24H25Cl2N3O2S/c1-16(2)32(30,31)29-13-11-17(12-14-29)22-15-27-23(18-3-7-20(25)8-4-18)24(28-22)19-5-9-21(26)10-6-19/h3-10,15-17H,11-14H2,1-2H3. The van der Waals surface area contributed by atoms with Crippen molar-refractivity contribution in [2.75, 3.05) is 13.1 Å². The maximum absolute atomic E-state index is 12.5. The average molecular weight is 490 g/mol. The van der Waals surface area contributed by atoms with Crippen LogP contribution in [0.25, 0.3) is 22.5 Å². The summed E-state index contributed by atoms with van der Waals surface area (Å²) in [5, 5.41) is 0.910. The first-order valence-electron chi connectivity index (χ1n) is 10.6. The van der Waals surface area contributed by atoms with Crippen LogP contribution in [0.15, 0.2) is 54.7 Å². The van der Waals surface area contributed by atoms with E-state index < -0.39 is 15.3 Å². The van der Waals surface area contributed by atoms with Crippen molar-refractivity contribution in [3.05, 3.63) is 70.5 Å². The van der Waals surface area contributed by atoms with Gasteiger partial charge in [0.2, 0.25) is 10.0 Å². The Morgan fingerprint density at radius 3 is 1.88 bits per heavy atom. The van der Waals surface area contributed by atoms with Gasteiger partial charge in [-0.1, -0.05) is 47.5 Å². The SMILES string of the molecule is CC(C)S(=O)(=O)N1CCC(c2cnc(-c3ccc(Cl)cc3)c(-c3ccc(Cl)cc3)n2)CC1. The average Bonchev–Trinajstić information content (AvgIpc) is 2.80. The van der Waals surface area contributed by atoms with Crippen molar-refractivity contribution in [2.24, 2.45) is 0 Å². The van der Waals surface area contributed by atoms with Gasteiger partial charge in [0.05, 0.1) is 22.3 Å². The number of halogens is 2. The Morgan fingerprint density at radius 1 is 0.875 bits per heavy atom. The van der Waals surface area contributed by atoms with Crippen LogP contribution in [0.5, 0.6) is 0 Å². The van der Waals surface area contributed by atoms with Crippen LogP contribution >= 0.6 is 23.2 Å². The first kappa shape index (κ1) is 23.2. The van der Waals surface area contributed by atoms with Crippen molar-refractivity contribution in [3.8, 4) is 22.5 Å². The van der Waals surface area contributed by atoms with Crippen molar-refractivity contribution < 1.29 is 8.42 Å². The lowest BCUT2D eigenvalue weighted by molar-refractivity contribution is 0.314. The minimum atomic E-state index is -3.23. The lowest BCUT2D eigenvalue weighted by Gasteiger charge is -2.32. The normalized spacial score (nSPS) is 15.9. The van der Waals surface area contributed by atoms with Gasteiger partial charge in [-0.25, -0.2) is 17.7 Å². The van der Waals surface area contributed by atoms with Crippen molar-refractivity contribution in [3.63, 3.8) is 0 Å². The van der Waals surface area contributed by atoms with E-state index in [2.05, 4.69) is 0 Å². The van der Waals surface area contributed by atoms with E-state index >= 15 is 0 Å².